The molecule has 2 saturated heterocycles. The highest BCUT2D eigenvalue weighted by Gasteiger charge is 2.55. The van der Waals surface area contributed by atoms with Gasteiger partial charge < -0.3 is 24.8 Å². The Balaban J connectivity index is 1.33. The van der Waals surface area contributed by atoms with Crippen molar-refractivity contribution in [2.75, 3.05) is 18.8 Å². The minimum absolute atomic E-state index is 0.0167. The maximum Gasteiger partial charge on any atom is 0.352 e. The Morgan fingerprint density at radius 1 is 1.26 bits per heavy atom. The summed E-state index contributed by atoms with van der Waals surface area (Å²) >= 11 is 1.40. The number of β-lactam (4-membered cyclic amide) rings is 1. The molecule has 3 aliphatic heterocycles. The van der Waals surface area contributed by atoms with Gasteiger partial charge in [-0.05, 0) is 62.9 Å². The zero-order valence-corrected chi connectivity index (χ0v) is 22.6. The molecule has 1 aromatic rings. The molecule has 12 nitrogen and oxygen atoms in total. The number of piperidine rings is 1. The van der Waals surface area contributed by atoms with Gasteiger partial charge in [-0.1, -0.05) is 12.1 Å². The summed E-state index contributed by atoms with van der Waals surface area (Å²) in [5, 5.41) is 25.5. The molecule has 1 unspecified atom stereocenters. The first kappa shape index (κ1) is 27.3. The van der Waals surface area contributed by atoms with E-state index in [2.05, 4.69) is 22.3 Å². The minimum Gasteiger partial charge on any atom is -0.478 e. The summed E-state index contributed by atoms with van der Waals surface area (Å²) in [5.41, 5.74) is -1.12. The number of hydrogen-bond donors (Lipinski definition) is 3. The quantitative estimate of drug-likeness (QED) is 0.231. The molecule has 3 N–H and O–H groups in total. The number of oxime groups is 1. The van der Waals surface area contributed by atoms with Crippen LogP contribution in [0.2, 0.25) is 0 Å². The van der Waals surface area contributed by atoms with Gasteiger partial charge in [0.05, 0.1) is 6.26 Å². The van der Waals surface area contributed by atoms with Gasteiger partial charge in [-0.3, -0.25) is 19.4 Å². The SMILES string of the molecule is CC1CCN(C(C)C2=C(C(=O)O)N3C(=O)[C@@H](NC(=O)C(=NOC4(C(=O)O)CCC4)c4ccco4)[C@H]3SC2)CC1. The summed E-state index contributed by atoms with van der Waals surface area (Å²) in [6, 6.07) is 1.90. The van der Waals surface area contributed by atoms with Crippen LogP contribution in [-0.2, 0) is 24.0 Å². The number of nitrogens with zero attached hydrogens (tertiary/aromatic N) is 3. The summed E-state index contributed by atoms with van der Waals surface area (Å²) in [5.74, 6) is -2.56. The Labute approximate surface area is 229 Å². The van der Waals surface area contributed by atoms with E-state index in [1.54, 1.807) is 0 Å². The number of carboxylic acid groups (broad SMARTS) is 2. The van der Waals surface area contributed by atoms with E-state index in [4.69, 9.17) is 9.25 Å². The molecule has 5 rings (SSSR count). The van der Waals surface area contributed by atoms with Crippen LogP contribution >= 0.6 is 11.8 Å². The molecule has 4 aliphatic rings. The second-order valence-electron chi connectivity index (χ2n) is 10.6. The van der Waals surface area contributed by atoms with Crippen molar-refractivity contribution in [1.29, 1.82) is 0 Å². The van der Waals surface area contributed by atoms with Crippen molar-refractivity contribution >= 4 is 41.2 Å². The zero-order chi connectivity index (χ0) is 27.9. The molecule has 39 heavy (non-hydrogen) atoms. The van der Waals surface area contributed by atoms with Gasteiger partial charge in [0.2, 0.25) is 11.3 Å². The molecule has 3 atom stereocenters. The summed E-state index contributed by atoms with van der Waals surface area (Å²) in [6.07, 6.45) is 4.60. The smallest absolute Gasteiger partial charge is 0.352 e. The molecule has 2 amide bonds. The Bertz CT molecular complexity index is 1220. The van der Waals surface area contributed by atoms with Crippen molar-refractivity contribution in [3.8, 4) is 0 Å². The van der Waals surface area contributed by atoms with E-state index >= 15 is 0 Å². The first-order valence-corrected chi connectivity index (χ1v) is 14.2. The fourth-order valence-corrected chi connectivity index (χ4v) is 6.86. The molecular formula is C26H32N4O8S. The van der Waals surface area contributed by atoms with Gasteiger partial charge in [0.25, 0.3) is 11.8 Å². The van der Waals surface area contributed by atoms with Crippen LogP contribution in [0.1, 0.15) is 51.7 Å². The number of carbonyl (C=O) groups excluding carboxylic acids is 2. The Hall–Kier alpha value is -3.32. The molecule has 210 valence electrons. The number of thioether (sulfide) groups is 1. The highest BCUT2D eigenvalue weighted by molar-refractivity contribution is 8.00. The lowest BCUT2D eigenvalue weighted by molar-refractivity contribution is -0.178. The molecule has 4 heterocycles. The molecule has 0 aromatic carbocycles. The largest absolute Gasteiger partial charge is 0.478 e. The summed E-state index contributed by atoms with van der Waals surface area (Å²) in [4.78, 5) is 59.3. The van der Waals surface area contributed by atoms with Crippen molar-refractivity contribution in [3.05, 3.63) is 35.4 Å². The maximum absolute atomic E-state index is 13.2. The Morgan fingerprint density at radius 2 is 1.97 bits per heavy atom. The van der Waals surface area contributed by atoms with E-state index in [1.165, 1.54) is 35.1 Å². The first-order valence-electron chi connectivity index (χ1n) is 13.1. The monoisotopic (exact) mass is 560 g/mol. The van der Waals surface area contributed by atoms with Gasteiger partial charge in [-0.15, -0.1) is 11.8 Å². The van der Waals surface area contributed by atoms with Crippen molar-refractivity contribution in [1.82, 2.24) is 15.1 Å². The van der Waals surface area contributed by atoms with Crippen LogP contribution in [0.5, 0.6) is 0 Å². The molecule has 1 saturated carbocycles. The highest BCUT2D eigenvalue weighted by atomic mass is 32.2. The lowest BCUT2D eigenvalue weighted by Gasteiger charge is -2.50. The number of aliphatic carboxylic acids is 2. The second kappa shape index (κ2) is 10.7. The molecule has 0 bridgehead atoms. The molecular weight excluding hydrogens is 528 g/mol. The van der Waals surface area contributed by atoms with Crippen molar-refractivity contribution in [3.63, 3.8) is 0 Å². The third-order valence-corrected chi connectivity index (χ3v) is 9.49. The normalized spacial score (nSPS) is 26.3. The predicted octanol–water partition coefficient (Wildman–Crippen LogP) is 1.87. The van der Waals surface area contributed by atoms with Crippen molar-refractivity contribution in [2.45, 2.75) is 69.0 Å². The number of hydrogen-bond acceptors (Lipinski definition) is 9. The summed E-state index contributed by atoms with van der Waals surface area (Å²) < 4.78 is 5.30. The number of carbonyl (C=O) groups is 4. The molecule has 1 aromatic heterocycles. The van der Waals surface area contributed by atoms with E-state index in [-0.39, 0.29) is 36.1 Å². The number of furan rings is 1. The third-order valence-electron chi connectivity index (χ3n) is 8.19. The maximum atomic E-state index is 13.2. The van der Waals surface area contributed by atoms with Crippen LogP contribution < -0.4 is 5.32 Å². The van der Waals surface area contributed by atoms with E-state index in [0.717, 1.165) is 25.9 Å². The number of fused-ring (bicyclic) bond motifs is 1. The third kappa shape index (κ3) is 4.93. The Kier molecular flexibility index (Phi) is 7.47. The van der Waals surface area contributed by atoms with Crippen LogP contribution in [0.25, 0.3) is 0 Å². The van der Waals surface area contributed by atoms with Crippen LogP contribution in [0.15, 0.2) is 39.2 Å². The van der Waals surface area contributed by atoms with Gasteiger partial charge >= 0.3 is 11.9 Å². The molecule has 3 fully saturated rings. The second-order valence-corrected chi connectivity index (χ2v) is 11.7. The topological polar surface area (TPSA) is 162 Å². The van der Waals surface area contributed by atoms with Crippen LogP contribution in [0.3, 0.4) is 0 Å². The van der Waals surface area contributed by atoms with Gasteiger partial charge in [0.15, 0.2) is 5.76 Å². The van der Waals surface area contributed by atoms with Crippen LogP contribution in [0.4, 0.5) is 0 Å². The average molecular weight is 561 g/mol. The number of amides is 2. The Morgan fingerprint density at radius 3 is 2.54 bits per heavy atom. The number of rotatable bonds is 9. The highest BCUT2D eigenvalue weighted by Crippen LogP contribution is 2.42. The van der Waals surface area contributed by atoms with Gasteiger partial charge in [-0.25, -0.2) is 9.59 Å². The number of nitrogens with one attached hydrogen (secondary N) is 1. The predicted molar refractivity (Wildman–Crippen MR) is 140 cm³/mol. The fraction of sp³-hybridized carbons (Fsp3) is 0.577. The zero-order valence-electron chi connectivity index (χ0n) is 21.8. The molecule has 0 spiro atoms. The lowest BCUT2D eigenvalue weighted by Crippen LogP contribution is -2.71. The standard InChI is InChI=1S/C26H32N4O8S/c1-14-6-10-29(11-7-14)15(2)16-13-39-23-19(22(32)30(23)20(16)24(33)34)27-21(31)18(17-5-3-12-37-17)28-38-26(25(35)36)8-4-9-26/h3,5,12,14-15,19,23H,4,6-11,13H2,1-2H3,(H,27,31)(H,33,34)(H,35,36)/t15?,19-,23-/m1/s1. The van der Waals surface area contributed by atoms with Gasteiger partial charge in [0.1, 0.15) is 17.1 Å². The fourth-order valence-electron chi connectivity index (χ4n) is 5.40. The van der Waals surface area contributed by atoms with Gasteiger partial charge in [0, 0.05) is 24.6 Å². The first-order chi connectivity index (χ1) is 18.6. The summed E-state index contributed by atoms with van der Waals surface area (Å²) in [7, 11) is 0. The van der Waals surface area contributed by atoms with Crippen molar-refractivity contribution in [2.24, 2.45) is 11.1 Å². The molecule has 13 heteroatoms. The van der Waals surface area contributed by atoms with E-state index in [9.17, 15) is 29.4 Å². The lowest BCUT2D eigenvalue weighted by atomic mass is 9.80. The van der Waals surface area contributed by atoms with Crippen LogP contribution in [0, 0.1) is 5.92 Å². The van der Waals surface area contributed by atoms with E-state index in [0.29, 0.717) is 23.7 Å². The number of likely N-dealkylation sites (tertiary alicyclic amines) is 1. The minimum atomic E-state index is -1.50. The summed E-state index contributed by atoms with van der Waals surface area (Å²) in [6.45, 7) is 5.94. The van der Waals surface area contributed by atoms with Crippen molar-refractivity contribution < 1.29 is 38.6 Å². The van der Waals surface area contributed by atoms with E-state index < -0.39 is 40.8 Å². The molecule has 1 aliphatic carbocycles. The number of carboxylic acids is 2. The van der Waals surface area contributed by atoms with E-state index in [1.807, 2.05) is 6.92 Å². The van der Waals surface area contributed by atoms with Crippen LogP contribution in [-0.4, -0.2) is 91.4 Å². The average Bonchev–Trinajstić information content (AvgIpc) is 3.42. The van der Waals surface area contributed by atoms with Gasteiger partial charge in [-0.2, -0.15) is 0 Å². The molecule has 0 radical (unpaired) electrons.